The molecule has 1 aromatic carbocycles. The van der Waals surface area contributed by atoms with Gasteiger partial charge in [0.05, 0.1) is 11.1 Å². The lowest BCUT2D eigenvalue weighted by atomic mass is 9.97. The van der Waals surface area contributed by atoms with Gasteiger partial charge in [-0.3, -0.25) is 0 Å². The quantitative estimate of drug-likeness (QED) is 0.726. The van der Waals surface area contributed by atoms with Crippen LogP contribution < -0.4 is 0 Å². The monoisotopic (exact) mass is 296 g/mol. The van der Waals surface area contributed by atoms with Crippen LogP contribution in [-0.4, -0.2) is 35.3 Å². The largest absolute Gasteiger partial charge is 0.478 e. The zero-order valence-electron chi connectivity index (χ0n) is 12.1. The Labute approximate surface area is 119 Å². The summed E-state index contributed by atoms with van der Waals surface area (Å²) in [6.45, 7) is 7.44. The van der Waals surface area contributed by atoms with Crippen molar-refractivity contribution in [2.24, 2.45) is 0 Å². The van der Waals surface area contributed by atoms with Gasteiger partial charge < -0.3 is 15.0 Å². The van der Waals surface area contributed by atoms with Gasteiger partial charge in [-0.2, -0.15) is 0 Å². The second-order valence-electron chi connectivity index (χ2n) is 6.15. The van der Waals surface area contributed by atoms with Crippen molar-refractivity contribution in [2.45, 2.75) is 38.4 Å². The van der Waals surface area contributed by atoms with Gasteiger partial charge in [0.1, 0.15) is 0 Å². The minimum atomic E-state index is -2.45. The van der Waals surface area contributed by atoms with Crippen LogP contribution in [0.2, 0.25) is 18.1 Å². The van der Waals surface area contributed by atoms with E-state index in [1.807, 2.05) is 26.9 Å². The number of carbonyl (C=O) groups is 2. The molecule has 0 aliphatic carbocycles. The first-order valence-corrected chi connectivity index (χ1v) is 9.22. The summed E-state index contributed by atoms with van der Waals surface area (Å²) in [6, 6.07) is 4.08. The van der Waals surface area contributed by atoms with E-state index >= 15 is 0 Å². The van der Waals surface area contributed by atoms with Gasteiger partial charge in [-0.1, -0.05) is 13.8 Å². The van der Waals surface area contributed by atoms with E-state index in [0.717, 1.165) is 6.07 Å². The lowest BCUT2D eigenvalue weighted by Gasteiger charge is -2.35. The molecule has 0 atom stereocenters. The van der Waals surface area contributed by atoms with E-state index in [1.54, 1.807) is 0 Å². The zero-order chi connectivity index (χ0) is 15.7. The van der Waals surface area contributed by atoms with E-state index in [2.05, 4.69) is 0 Å². The van der Waals surface area contributed by atoms with E-state index < -0.39 is 20.3 Å². The molecule has 5 nitrogen and oxygen atoms in total. The van der Waals surface area contributed by atoms with E-state index in [-0.39, 0.29) is 16.2 Å². The lowest BCUT2D eigenvalue weighted by Crippen LogP contribution is -2.40. The van der Waals surface area contributed by atoms with Gasteiger partial charge in [0, 0.05) is 0 Å². The van der Waals surface area contributed by atoms with Crippen LogP contribution in [0.1, 0.15) is 40.1 Å². The molecule has 0 bridgehead atoms. The van der Waals surface area contributed by atoms with Gasteiger partial charge in [0.15, 0.2) is 8.32 Å². The average molecular weight is 296 g/mol. The van der Waals surface area contributed by atoms with Crippen LogP contribution in [0, 0.1) is 0 Å². The number of hydrogen-bond acceptors (Lipinski definition) is 3. The zero-order valence-corrected chi connectivity index (χ0v) is 13.1. The fraction of sp³-hybridized carbons (Fsp3) is 0.429. The predicted octanol–water partition coefficient (Wildman–Crippen LogP) is 2.60. The normalized spacial score (nSPS) is 12.2. The minimum Gasteiger partial charge on any atom is -0.478 e. The van der Waals surface area contributed by atoms with Gasteiger partial charge >= 0.3 is 11.9 Å². The molecule has 0 aromatic heterocycles. The Morgan fingerprint density at radius 1 is 1.05 bits per heavy atom. The summed E-state index contributed by atoms with van der Waals surface area (Å²) in [7, 11) is -2.45. The van der Waals surface area contributed by atoms with Crippen molar-refractivity contribution >= 4 is 20.3 Å². The Morgan fingerprint density at radius 3 is 1.75 bits per heavy atom. The SMILES string of the molecule is CC(C)(Cc1cc(C(=O)O)cc(C(=O)O)c1)[Si](C)(C)O. The molecule has 0 heterocycles. The maximum Gasteiger partial charge on any atom is 0.335 e. The van der Waals surface area contributed by atoms with Crippen LogP contribution in [-0.2, 0) is 6.42 Å². The molecule has 0 saturated heterocycles. The van der Waals surface area contributed by atoms with E-state index in [4.69, 9.17) is 10.2 Å². The lowest BCUT2D eigenvalue weighted by molar-refractivity contribution is 0.0696. The molecule has 1 aromatic rings. The van der Waals surface area contributed by atoms with Gasteiger partial charge in [-0.25, -0.2) is 9.59 Å². The van der Waals surface area contributed by atoms with Crippen molar-refractivity contribution in [3.05, 3.63) is 34.9 Å². The summed E-state index contributed by atoms with van der Waals surface area (Å²) >= 11 is 0. The molecule has 0 fully saturated rings. The van der Waals surface area contributed by atoms with Gasteiger partial charge in [-0.05, 0) is 48.3 Å². The van der Waals surface area contributed by atoms with Crippen molar-refractivity contribution < 1.29 is 24.6 Å². The van der Waals surface area contributed by atoms with Crippen molar-refractivity contribution in [3.63, 3.8) is 0 Å². The molecule has 0 radical (unpaired) electrons. The number of carboxylic acids is 2. The highest BCUT2D eigenvalue weighted by Crippen LogP contribution is 2.38. The second kappa shape index (κ2) is 5.38. The van der Waals surface area contributed by atoms with Gasteiger partial charge in [0.2, 0.25) is 0 Å². The molecule has 0 spiro atoms. The molecule has 0 aliphatic rings. The topological polar surface area (TPSA) is 94.8 Å². The third-order valence-corrected chi connectivity index (χ3v) is 7.28. The Kier molecular flexibility index (Phi) is 4.41. The average Bonchev–Trinajstić information content (AvgIpc) is 2.26. The second-order valence-corrected chi connectivity index (χ2v) is 10.6. The summed E-state index contributed by atoms with van der Waals surface area (Å²) in [5, 5.41) is 17.7. The molecule has 3 N–H and O–H groups in total. The number of hydrogen-bond donors (Lipinski definition) is 3. The van der Waals surface area contributed by atoms with E-state index in [1.165, 1.54) is 12.1 Å². The molecular weight excluding hydrogens is 276 g/mol. The van der Waals surface area contributed by atoms with E-state index in [0.29, 0.717) is 12.0 Å². The fourth-order valence-electron chi connectivity index (χ4n) is 1.77. The molecule has 1 rings (SSSR count). The standard InChI is InChI=1S/C14H20O5Si/c1-14(2,20(3,4)19)8-9-5-10(12(15)16)7-11(6-9)13(17)18/h5-7,19H,8H2,1-4H3,(H,15,16)(H,17,18). The van der Waals surface area contributed by atoms with E-state index in [9.17, 15) is 14.4 Å². The predicted molar refractivity (Wildman–Crippen MR) is 77.8 cm³/mol. The molecule has 6 heteroatoms. The van der Waals surface area contributed by atoms with Crippen molar-refractivity contribution in [1.29, 1.82) is 0 Å². The number of rotatable bonds is 5. The summed E-state index contributed by atoms with van der Waals surface area (Å²) in [4.78, 5) is 32.4. The molecule has 0 unspecified atom stereocenters. The summed E-state index contributed by atoms with van der Waals surface area (Å²) in [5.74, 6) is -2.32. The van der Waals surface area contributed by atoms with Crippen LogP contribution in [0.25, 0.3) is 0 Å². The van der Waals surface area contributed by atoms with Crippen LogP contribution in [0.4, 0.5) is 0 Å². The van der Waals surface area contributed by atoms with Crippen LogP contribution in [0.5, 0.6) is 0 Å². The van der Waals surface area contributed by atoms with Crippen molar-refractivity contribution in [1.82, 2.24) is 0 Å². The molecule has 0 aliphatic heterocycles. The smallest absolute Gasteiger partial charge is 0.335 e. The highest BCUT2D eigenvalue weighted by molar-refractivity contribution is 6.72. The first kappa shape index (κ1) is 16.4. The maximum atomic E-state index is 11.1. The Morgan fingerprint density at radius 2 is 1.45 bits per heavy atom. The minimum absolute atomic E-state index is 0.0480. The van der Waals surface area contributed by atoms with Crippen molar-refractivity contribution in [2.75, 3.05) is 0 Å². The number of benzene rings is 1. The summed E-state index contributed by atoms with van der Waals surface area (Å²) in [5.41, 5.74) is 0.517. The van der Waals surface area contributed by atoms with Crippen molar-refractivity contribution in [3.8, 4) is 0 Å². The highest BCUT2D eigenvalue weighted by atomic mass is 28.4. The number of aromatic carboxylic acids is 2. The summed E-state index contributed by atoms with van der Waals surface area (Å²) < 4.78 is 0. The Balaban J connectivity index is 3.25. The first-order valence-electron chi connectivity index (χ1n) is 6.27. The first-order chi connectivity index (χ1) is 8.94. The Bertz CT molecular complexity index is 511. The van der Waals surface area contributed by atoms with Crippen LogP contribution in [0.15, 0.2) is 18.2 Å². The highest BCUT2D eigenvalue weighted by Gasteiger charge is 2.38. The molecule has 110 valence electrons. The third-order valence-electron chi connectivity index (χ3n) is 3.79. The molecule has 20 heavy (non-hydrogen) atoms. The maximum absolute atomic E-state index is 11.1. The van der Waals surface area contributed by atoms with Gasteiger partial charge in [-0.15, -0.1) is 0 Å². The fourth-order valence-corrected chi connectivity index (χ4v) is 2.40. The third kappa shape index (κ3) is 3.67. The molecule has 0 amide bonds. The van der Waals surface area contributed by atoms with Gasteiger partial charge in [0.25, 0.3) is 0 Å². The summed E-state index contributed by atoms with van der Waals surface area (Å²) in [6.07, 6.45) is 0.435. The number of carboxylic acid groups (broad SMARTS) is 2. The molecule has 0 saturated carbocycles. The Hall–Kier alpha value is -1.66. The molecular formula is C14H20O5Si. The van der Waals surface area contributed by atoms with Crippen LogP contribution >= 0.6 is 0 Å². The van der Waals surface area contributed by atoms with Crippen LogP contribution in [0.3, 0.4) is 0 Å².